The maximum absolute atomic E-state index is 4.29. The third kappa shape index (κ3) is 8.39. The summed E-state index contributed by atoms with van der Waals surface area (Å²) in [5, 5.41) is 2.55. The van der Waals surface area contributed by atoms with Gasteiger partial charge in [0.25, 0.3) is 0 Å². The third-order valence-corrected chi connectivity index (χ3v) is 5.34. The first-order valence-corrected chi connectivity index (χ1v) is 11.1. The molecule has 0 aliphatic heterocycles. The molecule has 0 aliphatic rings. The largest absolute Gasteiger partial charge is 0.0911 e. The zero-order valence-corrected chi connectivity index (χ0v) is 18.0. The second-order valence-electron chi connectivity index (χ2n) is 7.94. The van der Waals surface area contributed by atoms with Crippen molar-refractivity contribution in [2.24, 2.45) is 0 Å². The van der Waals surface area contributed by atoms with Gasteiger partial charge in [-0.05, 0) is 54.7 Å². The Morgan fingerprint density at radius 3 is 1.85 bits per heavy atom. The van der Waals surface area contributed by atoms with Crippen molar-refractivity contribution in [1.29, 1.82) is 0 Å². The molecule has 0 amide bonds. The van der Waals surface area contributed by atoms with E-state index in [4.69, 9.17) is 0 Å². The molecule has 0 N–H and O–H groups in total. The first-order chi connectivity index (χ1) is 12.6. The number of benzene rings is 1. The zero-order chi connectivity index (χ0) is 19.2. The summed E-state index contributed by atoms with van der Waals surface area (Å²) in [5.74, 6) is 0. The summed E-state index contributed by atoms with van der Waals surface area (Å²) in [6.07, 6.45) is 16.1. The van der Waals surface area contributed by atoms with Gasteiger partial charge in [-0.25, -0.2) is 0 Å². The Hall–Kier alpha value is -1.30. The molecule has 0 aromatic heterocycles. The van der Waals surface area contributed by atoms with Crippen LogP contribution in [-0.2, 0) is 0 Å². The van der Waals surface area contributed by atoms with Crippen LogP contribution in [0.25, 0.3) is 12.2 Å². The van der Waals surface area contributed by atoms with Gasteiger partial charge in [0.15, 0.2) is 0 Å². The van der Waals surface area contributed by atoms with E-state index in [-0.39, 0.29) is 0 Å². The Bertz CT molecular complexity index is 628. The average Bonchev–Trinajstić information content (AvgIpc) is 2.63. The normalized spacial score (nSPS) is 12.2. The van der Waals surface area contributed by atoms with Crippen molar-refractivity contribution in [3.63, 3.8) is 0 Å². The fraction of sp³-hybridized carbons (Fsp3) is 0.615. The topological polar surface area (TPSA) is 0 Å². The molecule has 1 aromatic carbocycles. The van der Waals surface area contributed by atoms with Crippen LogP contribution in [-0.4, -0.2) is 0 Å². The molecule has 0 atom stereocenters. The maximum atomic E-state index is 4.29. The highest BCUT2D eigenvalue weighted by molar-refractivity contribution is 5.65. The molecular formula is C26H42. The van der Waals surface area contributed by atoms with Crippen LogP contribution in [0.3, 0.4) is 0 Å². The van der Waals surface area contributed by atoms with Gasteiger partial charge in [0, 0.05) is 0 Å². The summed E-state index contributed by atoms with van der Waals surface area (Å²) in [4.78, 5) is 0. The second-order valence-corrected chi connectivity index (χ2v) is 7.94. The summed E-state index contributed by atoms with van der Waals surface area (Å²) >= 11 is 0. The number of hydrogen-bond donors (Lipinski definition) is 0. The maximum Gasteiger partial charge on any atom is -0.0155 e. The van der Waals surface area contributed by atoms with Crippen LogP contribution < -0.4 is 10.4 Å². The molecular weight excluding hydrogens is 312 g/mol. The van der Waals surface area contributed by atoms with E-state index in [0.29, 0.717) is 0 Å². The van der Waals surface area contributed by atoms with Crippen molar-refractivity contribution >= 4 is 12.2 Å². The predicted molar refractivity (Wildman–Crippen MR) is 120 cm³/mol. The first-order valence-electron chi connectivity index (χ1n) is 11.1. The van der Waals surface area contributed by atoms with E-state index in [9.17, 15) is 0 Å². The molecule has 0 saturated carbocycles. The molecule has 1 rings (SSSR count). The van der Waals surface area contributed by atoms with Crippen LogP contribution in [0.5, 0.6) is 0 Å². The third-order valence-electron chi connectivity index (χ3n) is 5.34. The van der Waals surface area contributed by atoms with Crippen LogP contribution in [0.15, 0.2) is 35.4 Å². The Balaban J connectivity index is 2.70. The van der Waals surface area contributed by atoms with Gasteiger partial charge >= 0.3 is 0 Å². The molecule has 0 spiro atoms. The minimum Gasteiger partial charge on any atom is -0.0911 e. The van der Waals surface area contributed by atoms with Crippen LogP contribution >= 0.6 is 0 Å². The summed E-state index contributed by atoms with van der Waals surface area (Å²) in [5.41, 5.74) is 4.60. The van der Waals surface area contributed by atoms with Crippen LogP contribution in [0.4, 0.5) is 0 Å². The van der Waals surface area contributed by atoms with Gasteiger partial charge in [-0.1, -0.05) is 108 Å². The number of allylic oxidation sites excluding steroid dienone is 2. The molecule has 0 nitrogen and oxygen atoms in total. The standard InChI is InChI=1S/C26H42/c1-6-8-9-10-11-12-13-14-15-21-26(24(18-7-2)22(3)4)25-20-17-16-19-23(25)5/h16-17,19-20H,5-15,18,21H2,1-4H3/b26-25-. The predicted octanol–water partition coefficient (Wildman–Crippen LogP) is 7.31. The van der Waals surface area contributed by atoms with E-state index in [1.807, 2.05) is 0 Å². The molecule has 0 aliphatic carbocycles. The van der Waals surface area contributed by atoms with Crippen molar-refractivity contribution < 1.29 is 0 Å². The van der Waals surface area contributed by atoms with Crippen molar-refractivity contribution in [3.8, 4) is 0 Å². The van der Waals surface area contributed by atoms with E-state index in [0.717, 1.165) is 0 Å². The van der Waals surface area contributed by atoms with Crippen LogP contribution in [0, 0.1) is 0 Å². The fourth-order valence-corrected chi connectivity index (χ4v) is 3.83. The Labute approximate surface area is 163 Å². The second kappa shape index (κ2) is 13.8. The van der Waals surface area contributed by atoms with Gasteiger partial charge in [0.2, 0.25) is 0 Å². The summed E-state index contributed by atoms with van der Waals surface area (Å²) in [6, 6.07) is 8.68. The van der Waals surface area contributed by atoms with E-state index in [1.165, 1.54) is 93.1 Å². The van der Waals surface area contributed by atoms with Crippen LogP contribution in [0.2, 0.25) is 0 Å². The first kappa shape index (κ1) is 22.7. The quantitative estimate of drug-likeness (QED) is 0.326. The van der Waals surface area contributed by atoms with Crippen molar-refractivity contribution in [3.05, 3.63) is 45.8 Å². The molecule has 0 fully saturated rings. The molecule has 0 heteroatoms. The molecule has 0 radical (unpaired) electrons. The van der Waals surface area contributed by atoms with Gasteiger partial charge < -0.3 is 0 Å². The lowest BCUT2D eigenvalue weighted by molar-refractivity contribution is 0.567. The van der Waals surface area contributed by atoms with Gasteiger partial charge in [-0.3, -0.25) is 0 Å². The Morgan fingerprint density at radius 2 is 1.31 bits per heavy atom. The minimum atomic E-state index is 1.17. The fourth-order valence-electron chi connectivity index (χ4n) is 3.83. The minimum absolute atomic E-state index is 1.17. The van der Waals surface area contributed by atoms with Crippen LogP contribution in [0.1, 0.15) is 105 Å². The van der Waals surface area contributed by atoms with Crippen molar-refractivity contribution in [2.45, 2.75) is 105 Å². The Morgan fingerprint density at radius 1 is 0.731 bits per heavy atom. The monoisotopic (exact) mass is 354 g/mol. The van der Waals surface area contributed by atoms with Gasteiger partial charge in [-0.15, -0.1) is 0 Å². The molecule has 0 saturated heterocycles. The van der Waals surface area contributed by atoms with E-state index in [1.54, 1.807) is 11.1 Å². The van der Waals surface area contributed by atoms with Crippen molar-refractivity contribution in [1.82, 2.24) is 0 Å². The smallest absolute Gasteiger partial charge is 0.0155 e. The highest BCUT2D eigenvalue weighted by Gasteiger charge is 2.08. The Kier molecular flexibility index (Phi) is 12.1. The zero-order valence-electron chi connectivity index (χ0n) is 18.0. The molecule has 0 heterocycles. The highest BCUT2D eigenvalue weighted by atomic mass is 14.1. The van der Waals surface area contributed by atoms with E-state index < -0.39 is 0 Å². The lowest BCUT2D eigenvalue weighted by Crippen LogP contribution is -2.26. The SMILES string of the molecule is C=c1cccc/c1=C(\CCCCCCCCCCC)C(CCC)=C(C)C. The summed E-state index contributed by atoms with van der Waals surface area (Å²) in [6.45, 7) is 13.4. The highest BCUT2D eigenvalue weighted by Crippen LogP contribution is 2.25. The molecule has 0 unspecified atom stereocenters. The average molecular weight is 355 g/mol. The van der Waals surface area contributed by atoms with E-state index in [2.05, 4.69) is 58.5 Å². The van der Waals surface area contributed by atoms with Crippen molar-refractivity contribution in [2.75, 3.05) is 0 Å². The van der Waals surface area contributed by atoms with E-state index >= 15 is 0 Å². The summed E-state index contributed by atoms with van der Waals surface area (Å²) in [7, 11) is 0. The number of rotatable bonds is 13. The molecule has 146 valence electrons. The molecule has 1 aromatic rings. The lowest BCUT2D eigenvalue weighted by atomic mass is 9.90. The van der Waals surface area contributed by atoms with Gasteiger partial charge in [0.1, 0.15) is 0 Å². The van der Waals surface area contributed by atoms with Gasteiger partial charge in [-0.2, -0.15) is 0 Å². The lowest BCUT2D eigenvalue weighted by Gasteiger charge is -2.15. The number of hydrogen-bond acceptors (Lipinski definition) is 0. The van der Waals surface area contributed by atoms with Gasteiger partial charge in [0.05, 0.1) is 0 Å². The summed E-state index contributed by atoms with van der Waals surface area (Å²) < 4.78 is 0. The number of unbranched alkanes of at least 4 members (excludes halogenated alkanes) is 8. The molecule has 26 heavy (non-hydrogen) atoms. The molecule has 0 bridgehead atoms.